The Hall–Kier alpha value is -2.53. The first-order valence-electron chi connectivity index (χ1n) is 8.41. The van der Waals surface area contributed by atoms with Crippen LogP contribution in [-0.4, -0.2) is 26.2 Å². The molecule has 2 aromatic rings. The fourth-order valence-electron chi connectivity index (χ4n) is 2.30. The second-order valence-corrected chi connectivity index (χ2v) is 5.46. The summed E-state index contributed by atoms with van der Waals surface area (Å²) in [5.41, 5.74) is 2.17. The van der Waals surface area contributed by atoms with Crippen molar-refractivity contribution in [3.63, 3.8) is 0 Å². The van der Waals surface area contributed by atoms with Crippen molar-refractivity contribution in [2.24, 2.45) is 0 Å². The van der Waals surface area contributed by atoms with E-state index in [0.29, 0.717) is 32.8 Å². The highest BCUT2D eigenvalue weighted by molar-refractivity contribution is 5.76. The summed E-state index contributed by atoms with van der Waals surface area (Å²) < 4.78 is 16.1. The molecule has 0 atom stereocenters. The maximum atomic E-state index is 12.0. The standard InChI is InChI=1S/C20H25NO4/c1-3-24-15-17-7-5-4-6-16(17)14-21-20(22)12-13-25-19-10-8-18(23-2)9-11-19/h4-11H,3,12-15H2,1-2H3,(H,21,22). The number of ether oxygens (including phenoxy) is 3. The summed E-state index contributed by atoms with van der Waals surface area (Å²) in [6, 6.07) is 15.2. The van der Waals surface area contributed by atoms with Crippen LogP contribution in [0.1, 0.15) is 24.5 Å². The fraction of sp³-hybridized carbons (Fsp3) is 0.350. The minimum absolute atomic E-state index is 0.0419. The minimum atomic E-state index is -0.0419. The zero-order valence-electron chi connectivity index (χ0n) is 14.8. The summed E-state index contributed by atoms with van der Waals surface area (Å²) >= 11 is 0. The quantitative estimate of drug-likeness (QED) is 0.719. The Morgan fingerprint density at radius 2 is 1.68 bits per heavy atom. The highest BCUT2D eigenvalue weighted by Gasteiger charge is 2.06. The van der Waals surface area contributed by atoms with Crippen molar-refractivity contribution >= 4 is 5.91 Å². The van der Waals surface area contributed by atoms with Gasteiger partial charge in [0, 0.05) is 13.2 Å². The number of rotatable bonds is 10. The molecule has 25 heavy (non-hydrogen) atoms. The van der Waals surface area contributed by atoms with Crippen LogP contribution < -0.4 is 14.8 Å². The molecule has 0 saturated carbocycles. The van der Waals surface area contributed by atoms with Gasteiger partial charge in [-0.15, -0.1) is 0 Å². The van der Waals surface area contributed by atoms with Crippen LogP contribution in [0.2, 0.25) is 0 Å². The molecule has 0 fully saturated rings. The van der Waals surface area contributed by atoms with Crippen molar-refractivity contribution in [3.8, 4) is 11.5 Å². The Morgan fingerprint density at radius 3 is 2.36 bits per heavy atom. The van der Waals surface area contributed by atoms with E-state index in [-0.39, 0.29) is 5.91 Å². The summed E-state index contributed by atoms with van der Waals surface area (Å²) in [5.74, 6) is 1.45. The van der Waals surface area contributed by atoms with E-state index in [0.717, 1.165) is 22.6 Å². The molecule has 1 amide bonds. The van der Waals surface area contributed by atoms with Gasteiger partial charge in [-0.2, -0.15) is 0 Å². The first kappa shape index (κ1) is 18.8. The molecule has 0 radical (unpaired) electrons. The van der Waals surface area contributed by atoms with Crippen LogP contribution in [0.15, 0.2) is 48.5 Å². The topological polar surface area (TPSA) is 56.8 Å². The molecular weight excluding hydrogens is 318 g/mol. The van der Waals surface area contributed by atoms with Gasteiger partial charge in [0.05, 0.1) is 26.7 Å². The zero-order chi connectivity index (χ0) is 17.9. The number of hydrogen-bond acceptors (Lipinski definition) is 4. The summed E-state index contributed by atoms with van der Waals surface area (Å²) in [7, 11) is 1.62. The van der Waals surface area contributed by atoms with E-state index in [1.807, 2.05) is 55.5 Å². The molecule has 0 unspecified atom stereocenters. The van der Waals surface area contributed by atoms with Gasteiger partial charge in [-0.3, -0.25) is 4.79 Å². The van der Waals surface area contributed by atoms with Gasteiger partial charge in [0.2, 0.25) is 5.91 Å². The molecule has 0 saturated heterocycles. The molecule has 1 N–H and O–H groups in total. The van der Waals surface area contributed by atoms with Gasteiger partial charge in [-0.25, -0.2) is 0 Å². The van der Waals surface area contributed by atoms with E-state index in [1.54, 1.807) is 7.11 Å². The number of methoxy groups -OCH3 is 1. The van der Waals surface area contributed by atoms with Crippen LogP contribution in [0, 0.1) is 0 Å². The second kappa shape index (κ2) is 10.4. The molecule has 2 rings (SSSR count). The van der Waals surface area contributed by atoms with Crippen molar-refractivity contribution in [3.05, 3.63) is 59.7 Å². The molecule has 2 aromatic carbocycles. The molecule has 0 aliphatic rings. The number of carbonyl (C=O) groups is 1. The number of amides is 1. The molecule has 0 aliphatic heterocycles. The van der Waals surface area contributed by atoms with Crippen molar-refractivity contribution in [1.29, 1.82) is 0 Å². The van der Waals surface area contributed by atoms with Gasteiger partial charge in [-0.05, 0) is 42.3 Å². The first-order valence-corrected chi connectivity index (χ1v) is 8.41. The SMILES string of the molecule is CCOCc1ccccc1CNC(=O)CCOc1ccc(OC)cc1. The maximum absolute atomic E-state index is 12.0. The average molecular weight is 343 g/mol. The van der Waals surface area contributed by atoms with E-state index in [9.17, 15) is 4.79 Å². The fourth-order valence-corrected chi connectivity index (χ4v) is 2.30. The number of hydrogen-bond donors (Lipinski definition) is 1. The van der Waals surface area contributed by atoms with Crippen LogP contribution in [0.3, 0.4) is 0 Å². The van der Waals surface area contributed by atoms with Gasteiger partial charge in [0.1, 0.15) is 11.5 Å². The smallest absolute Gasteiger partial charge is 0.223 e. The van der Waals surface area contributed by atoms with Crippen LogP contribution in [0.5, 0.6) is 11.5 Å². The Balaban J connectivity index is 1.73. The molecule has 134 valence electrons. The third-order valence-electron chi connectivity index (χ3n) is 3.71. The van der Waals surface area contributed by atoms with Crippen molar-refractivity contribution in [2.45, 2.75) is 26.5 Å². The predicted molar refractivity (Wildman–Crippen MR) is 96.7 cm³/mol. The van der Waals surface area contributed by atoms with Gasteiger partial charge in [-0.1, -0.05) is 24.3 Å². The normalized spacial score (nSPS) is 10.3. The molecule has 0 bridgehead atoms. The van der Waals surface area contributed by atoms with E-state index in [2.05, 4.69) is 5.32 Å². The summed E-state index contributed by atoms with van der Waals surface area (Å²) in [6.45, 7) is 4.02. The van der Waals surface area contributed by atoms with Crippen LogP contribution in [0.4, 0.5) is 0 Å². The van der Waals surface area contributed by atoms with Gasteiger partial charge in [0.15, 0.2) is 0 Å². The predicted octanol–water partition coefficient (Wildman–Crippen LogP) is 3.32. The summed E-state index contributed by atoms with van der Waals surface area (Å²) in [6.07, 6.45) is 0.305. The minimum Gasteiger partial charge on any atom is -0.497 e. The summed E-state index contributed by atoms with van der Waals surface area (Å²) in [5, 5.41) is 2.93. The van der Waals surface area contributed by atoms with E-state index in [1.165, 1.54) is 0 Å². The number of benzene rings is 2. The first-order chi connectivity index (χ1) is 12.2. The molecule has 0 aliphatic carbocycles. The van der Waals surface area contributed by atoms with Crippen molar-refractivity contribution < 1.29 is 19.0 Å². The van der Waals surface area contributed by atoms with E-state index in [4.69, 9.17) is 14.2 Å². The Morgan fingerprint density at radius 1 is 1.00 bits per heavy atom. The maximum Gasteiger partial charge on any atom is 0.223 e. The largest absolute Gasteiger partial charge is 0.497 e. The highest BCUT2D eigenvalue weighted by atomic mass is 16.5. The van der Waals surface area contributed by atoms with Crippen LogP contribution in [-0.2, 0) is 22.7 Å². The third kappa shape index (κ3) is 6.47. The van der Waals surface area contributed by atoms with Gasteiger partial charge < -0.3 is 19.5 Å². The Labute approximate surface area is 148 Å². The summed E-state index contributed by atoms with van der Waals surface area (Å²) in [4.78, 5) is 12.0. The van der Waals surface area contributed by atoms with Gasteiger partial charge >= 0.3 is 0 Å². The average Bonchev–Trinajstić information content (AvgIpc) is 2.66. The monoisotopic (exact) mass is 343 g/mol. The van der Waals surface area contributed by atoms with E-state index >= 15 is 0 Å². The lowest BCUT2D eigenvalue weighted by Crippen LogP contribution is -2.25. The highest BCUT2D eigenvalue weighted by Crippen LogP contribution is 2.17. The van der Waals surface area contributed by atoms with Crippen molar-refractivity contribution in [1.82, 2.24) is 5.32 Å². The number of nitrogens with one attached hydrogen (secondary N) is 1. The molecule has 5 heteroatoms. The molecule has 0 heterocycles. The Bertz CT molecular complexity index is 655. The molecule has 0 aromatic heterocycles. The van der Waals surface area contributed by atoms with E-state index < -0.39 is 0 Å². The molecule has 5 nitrogen and oxygen atoms in total. The molecule has 0 spiro atoms. The number of carbonyl (C=O) groups excluding carboxylic acids is 1. The van der Waals surface area contributed by atoms with Crippen molar-refractivity contribution in [2.75, 3.05) is 20.3 Å². The van der Waals surface area contributed by atoms with Crippen LogP contribution in [0.25, 0.3) is 0 Å². The third-order valence-corrected chi connectivity index (χ3v) is 3.71. The zero-order valence-corrected chi connectivity index (χ0v) is 14.8. The molecular formula is C20H25NO4. The lowest BCUT2D eigenvalue weighted by Gasteiger charge is -2.11. The second-order valence-electron chi connectivity index (χ2n) is 5.46. The van der Waals surface area contributed by atoms with Gasteiger partial charge in [0.25, 0.3) is 0 Å². The lowest BCUT2D eigenvalue weighted by molar-refractivity contribution is -0.121. The lowest BCUT2D eigenvalue weighted by atomic mass is 10.1. The Kier molecular flexibility index (Phi) is 7.79. The van der Waals surface area contributed by atoms with Crippen LogP contribution >= 0.6 is 0 Å².